The molecule has 0 bridgehead atoms. The fourth-order valence-corrected chi connectivity index (χ4v) is 6.28. The van der Waals surface area contributed by atoms with Gasteiger partial charge in [-0.25, -0.2) is 9.97 Å². The first-order chi connectivity index (χ1) is 16.2. The summed E-state index contributed by atoms with van der Waals surface area (Å²) in [6, 6.07) is 12.2. The summed E-state index contributed by atoms with van der Waals surface area (Å²) >= 11 is 1.52. The summed E-state index contributed by atoms with van der Waals surface area (Å²) in [5.74, 6) is 0.338. The molecule has 1 aromatic carbocycles. The highest BCUT2D eigenvalue weighted by Gasteiger charge is 2.70. The van der Waals surface area contributed by atoms with Crippen LogP contribution in [0.1, 0.15) is 46.7 Å². The lowest BCUT2D eigenvalue weighted by Crippen LogP contribution is -2.41. The molecule has 3 heterocycles. The summed E-state index contributed by atoms with van der Waals surface area (Å²) in [4.78, 5) is 25.3. The minimum absolute atomic E-state index is 0.0411. The number of hydrogen-bond acceptors (Lipinski definition) is 5. The van der Waals surface area contributed by atoms with E-state index in [1.807, 2.05) is 42.2 Å². The maximum atomic E-state index is 13.9. The van der Waals surface area contributed by atoms with Crippen LogP contribution in [-0.2, 0) is 6.18 Å². The predicted molar refractivity (Wildman–Crippen MR) is 124 cm³/mol. The van der Waals surface area contributed by atoms with Gasteiger partial charge in [-0.05, 0) is 55.7 Å². The van der Waals surface area contributed by atoms with Crippen molar-refractivity contribution in [2.75, 3.05) is 11.9 Å². The van der Waals surface area contributed by atoms with Gasteiger partial charge >= 0.3 is 6.18 Å². The first-order valence-corrected chi connectivity index (χ1v) is 12.2. The third-order valence-corrected chi connectivity index (χ3v) is 8.37. The average molecular weight is 485 g/mol. The lowest BCUT2D eigenvalue weighted by atomic mass is 10.0. The zero-order valence-electron chi connectivity index (χ0n) is 18.5. The van der Waals surface area contributed by atoms with Gasteiger partial charge in [-0.1, -0.05) is 30.3 Å². The molecule has 2 aliphatic carbocycles. The Bertz CT molecular complexity index is 1250. The number of carbonyl (C=O) groups is 1. The van der Waals surface area contributed by atoms with Crippen molar-refractivity contribution in [3.63, 3.8) is 0 Å². The molecule has 3 aromatic rings. The van der Waals surface area contributed by atoms with Crippen molar-refractivity contribution in [1.29, 1.82) is 0 Å². The van der Waals surface area contributed by atoms with Crippen LogP contribution in [0.25, 0.3) is 10.4 Å². The maximum absolute atomic E-state index is 13.9. The second kappa shape index (κ2) is 7.28. The molecule has 3 fully saturated rings. The first kappa shape index (κ1) is 21.6. The average Bonchev–Trinajstić information content (AvgIpc) is 3.63. The van der Waals surface area contributed by atoms with Crippen LogP contribution in [0, 0.1) is 12.3 Å². The summed E-state index contributed by atoms with van der Waals surface area (Å²) in [6.45, 7) is 2.61. The van der Waals surface area contributed by atoms with E-state index in [-0.39, 0.29) is 22.9 Å². The molecule has 1 aliphatic heterocycles. The van der Waals surface area contributed by atoms with Crippen molar-refractivity contribution in [3.8, 4) is 10.4 Å². The summed E-state index contributed by atoms with van der Waals surface area (Å²) in [6.07, 6.45) is 0.306. The molecule has 1 N–H and O–H groups in total. The number of amides is 1. The number of rotatable bonds is 4. The number of hydrogen-bond donors (Lipinski definition) is 1. The normalized spacial score (nSPS) is 24.6. The molecule has 2 atom stereocenters. The van der Waals surface area contributed by atoms with Crippen molar-refractivity contribution in [2.45, 2.75) is 50.4 Å². The van der Waals surface area contributed by atoms with Gasteiger partial charge in [0.05, 0.1) is 27.0 Å². The zero-order valence-corrected chi connectivity index (χ0v) is 19.3. The lowest BCUT2D eigenvalue weighted by molar-refractivity contribution is -0.137. The number of nitrogens with one attached hydrogen (secondary N) is 1. The molecule has 34 heavy (non-hydrogen) atoms. The van der Waals surface area contributed by atoms with Crippen LogP contribution < -0.4 is 5.32 Å². The Morgan fingerprint density at radius 2 is 1.94 bits per heavy atom. The Labute approximate surface area is 199 Å². The molecular weight excluding hydrogens is 461 g/mol. The molecule has 6 rings (SSSR count). The van der Waals surface area contributed by atoms with Crippen LogP contribution >= 0.6 is 11.3 Å². The van der Waals surface area contributed by atoms with E-state index in [9.17, 15) is 18.0 Å². The van der Waals surface area contributed by atoms with Crippen LogP contribution in [0.4, 0.5) is 19.0 Å². The van der Waals surface area contributed by atoms with E-state index in [1.165, 1.54) is 17.4 Å². The minimum Gasteiger partial charge on any atom is -0.365 e. The molecule has 1 amide bonds. The van der Waals surface area contributed by atoms with Gasteiger partial charge in [0.15, 0.2) is 0 Å². The Morgan fingerprint density at radius 3 is 2.59 bits per heavy atom. The fraction of sp³-hybridized carbons (Fsp3) is 0.400. The Balaban J connectivity index is 1.27. The SMILES string of the molecule is Cc1nc(C(=O)N2CC3(CC3)CC23CC3Nc2ccc(C(F)(F)F)cn2)c(-c2ccccc2)s1. The van der Waals surface area contributed by atoms with Crippen molar-refractivity contribution in [1.82, 2.24) is 14.9 Å². The van der Waals surface area contributed by atoms with E-state index in [1.54, 1.807) is 0 Å². The number of halogens is 3. The van der Waals surface area contributed by atoms with E-state index in [2.05, 4.69) is 15.3 Å². The molecule has 5 nitrogen and oxygen atoms in total. The standard InChI is InChI=1S/C25H23F3N4OS/c1-15-30-20(21(34-15)16-5-3-2-4-6-16)22(33)32-14-23(9-10-23)13-24(32)11-18(24)31-19-8-7-17(12-29-19)25(26,27)28/h2-8,12,18H,9-11,13-14H2,1H3,(H,29,31). The first-order valence-electron chi connectivity index (χ1n) is 11.3. The number of nitrogens with zero attached hydrogens (tertiary/aromatic N) is 3. The summed E-state index contributed by atoms with van der Waals surface area (Å²) in [7, 11) is 0. The molecule has 2 aromatic heterocycles. The maximum Gasteiger partial charge on any atom is 0.417 e. The number of likely N-dealkylation sites (tertiary alicyclic amines) is 1. The topological polar surface area (TPSA) is 58.1 Å². The molecule has 9 heteroatoms. The van der Waals surface area contributed by atoms with Gasteiger partial charge in [0, 0.05) is 12.7 Å². The van der Waals surface area contributed by atoms with Gasteiger partial charge in [0.2, 0.25) is 0 Å². The van der Waals surface area contributed by atoms with Crippen molar-refractivity contribution >= 4 is 23.1 Å². The van der Waals surface area contributed by atoms with E-state index in [0.717, 1.165) is 53.4 Å². The van der Waals surface area contributed by atoms with Crippen molar-refractivity contribution < 1.29 is 18.0 Å². The quantitative estimate of drug-likeness (QED) is 0.510. The second-order valence-corrected chi connectivity index (χ2v) is 11.0. The highest BCUT2D eigenvalue weighted by atomic mass is 32.1. The fourth-order valence-electron chi connectivity index (χ4n) is 5.36. The number of carbonyl (C=O) groups excluding carboxylic acids is 1. The number of anilines is 1. The third kappa shape index (κ3) is 3.57. The van der Waals surface area contributed by atoms with Gasteiger partial charge in [0.25, 0.3) is 5.91 Å². The Kier molecular flexibility index (Phi) is 4.62. The van der Waals surface area contributed by atoms with Gasteiger partial charge in [0.1, 0.15) is 11.5 Å². The molecule has 0 radical (unpaired) electrons. The smallest absolute Gasteiger partial charge is 0.365 e. The summed E-state index contributed by atoms with van der Waals surface area (Å²) in [5.41, 5.74) is 0.515. The molecule has 1 saturated heterocycles. The molecule has 176 valence electrons. The number of thiazole rings is 1. The van der Waals surface area contributed by atoms with Crippen LogP contribution in [-0.4, -0.2) is 38.9 Å². The highest BCUT2D eigenvalue weighted by Crippen LogP contribution is 2.65. The van der Waals surface area contributed by atoms with Crippen LogP contribution in [0.15, 0.2) is 48.7 Å². The summed E-state index contributed by atoms with van der Waals surface area (Å²) < 4.78 is 38.6. The number of aryl methyl sites for hydroxylation is 1. The Hall–Kier alpha value is -2.94. The van der Waals surface area contributed by atoms with Crippen molar-refractivity contribution in [3.05, 3.63) is 64.9 Å². The molecular formula is C25H23F3N4OS. The van der Waals surface area contributed by atoms with E-state index >= 15 is 0 Å². The van der Waals surface area contributed by atoms with Crippen molar-refractivity contribution in [2.24, 2.45) is 5.41 Å². The molecule has 2 unspecified atom stereocenters. The zero-order chi connectivity index (χ0) is 23.7. The summed E-state index contributed by atoms with van der Waals surface area (Å²) in [5, 5.41) is 4.13. The molecule has 2 saturated carbocycles. The minimum atomic E-state index is -4.42. The second-order valence-electron chi connectivity index (χ2n) is 9.78. The van der Waals surface area contributed by atoms with E-state index < -0.39 is 11.7 Å². The van der Waals surface area contributed by atoms with Gasteiger partial charge in [-0.2, -0.15) is 13.2 Å². The largest absolute Gasteiger partial charge is 0.417 e. The third-order valence-electron chi connectivity index (χ3n) is 7.35. The predicted octanol–water partition coefficient (Wildman–Crippen LogP) is 5.78. The number of aromatic nitrogens is 2. The van der Waals surface area contributed by atoms with Gasteiger partial charge < -0.3 is 10.2 Å². The van der Waals surface area contributed by atoms with Crippen LogP contribution in [0.3, 0.4) is 0 Å². The monoisotopic (exact) mass is 484 g/mol. The van der Waals surface area contributed by atoms with E-state index in [0.29, 0.717) is 18.1 Å². The van der Waals surface area contributed by atoms with Crippen LogP contribution in [0.5, 0.6) is 0 Å². The number of alkyl halides is 3. The molecule has 2 spiro atoms. The lowest BCUT2D eigenvalue weighted by Gasteiger charge is -2.26. The van der Waals surface area contributed by atoms with Crippen LogP contribution in [0.2, 0.25) is 0 Å². The number of benzene rings is 1. The van der Waals surface area contributed by atoms with E-state index in [4.69, 9.17) is 0 Å². The van der Waals surface area contributed by atoms with Gasteiger partial charge in [-0.15, -0.1) is 11.3 Å². The molecule has 3 aliphatic rings. The highest BCUT2D eigenvalue weighted by molar-refractivity contribution is 7.15. The van der Waals surface area contributed by atoms with Gasteiger partial charge in [-0.3, -0.25) is 4.79 Å². The Morgan fingerprint density at radius 1 is 1.18 bits per heavy atom. The number of pyridine rings is 1.